The van der Waals surface area contributed by atoms with E-state index in [4.69, 9.17) is 46.4 Å². The SMILES string of the molecule is Cc1cc(C(=O)O)cc(C)c1N1C(=O)c2ccc3c4c(ccc(c24)C1=O)C(=O)N(c1c(C)cc(C(=O)O)cc1C)C3=O.O=C(O)c1ccc(N2C(=O)c3cc(Cl)c4c5c(Cl)cc6c7c(cc(Cl)c(c8c(Cl)cc(c3c48)C2=O)c75)C(=O)N(c2ccc(C(=O)O)cc2)C6=O)cc1. The van der Waals surface area contributed by atoms with Crippen molar-refractivity contribution in [1.82, 2.24) is 0 Å². The molecule has 460 valence electrons. The number of nitrogens with zero attached hydrogens (tertiary/aromatic N) is 4. The van der Waals surface area contributed by atoms with Gasteiger partial charge in [-0.05, 0) is 171 Å². The first-order valence-corrected chi connectivity index (χ1v) is 29.6. The largest absolute Gasteiger partial charge is 0.478 e. The molecule has 0 radical (unpaired) electrons. The molecule has 24 heteroatoms. The Morgan fingerprint density at radius 1 is 0.266 bits per heavy atom. The van der Waals surface area contributed by atoms with Crippen LogP contribution in [0, 0.1) is 27.7 Å². The molecule has 11 aromatic rings. The summed E-state index contributed by atoms with van der Waals surface area (Å²) in [7, 11) is 0. The number of benzene rings is 11. The van der Waals surface area contributed by atoms with Crippen LogP contribution in [-0.2, 0) is 0 Å². The number of hydrogen-bond donors (Lipinski definition) is 4. The van der Waals surface area contributed by atoms with Crippen LogP contribution in [0.25, 0.3) is 53.9 Å². The van der Waals surface area contributed by atoms with Crippen molar-refractivity contribution in [2.75, 3.05) is 19.6 Å². The van der Waals surface area contributed by atoms with E-state index in [-0.39, 0.29) is 131 Å². The van der Waals surface area contributed by atoms with Crippen molar-refractivity contribution in [3.05, 3.63) is 230 Å². The predicted octanol–water partition coefficient (Wildman–Crippen LogP) is 14.4. The molecule has 0 saturated heterocycles. The van der Waals surface area contributed by atoms with Gasteiger partial charge in [0, 0.05) is 96.2 Å². The molecule has 0 unspecified atom stereocenters. The topological polar surface area (TPSA) is 299 Å². The summed E-state index contributed by atoms with van der Waals surface area (Å²) in [6, 6.07) is 27.5. The zero-order chi connectivity index (χ0) is 67.0. The zero-order valence-corrected chi connectivity index (χ0v) is 51.6. The molecule has 0 aliphatic carbocycles. The molecule has 0 aromatic heterocycles. The fourth-order valence-corrected chi connectivity index (χ4v) is 14.8. The molecule has 0 bridgehead atoms. The van der Waals surface area contributed by atoms with Crippen molar-refractivity contribution in [3.8, 4) is 0 Å². The van der Waals surface area contributed by atoms with Gasteiger partial charge in [-0.1, -0.05) is 46.4 Å². The second-order valence-corrected chi connectivity index (χ2v) is 24.3. The first kappa shape index (κ1) is 60.2. The number of imide groups is 4. The van der Waals surface area contributed by atoms with E-state index in [1.807, 2.05) is 0 Å². The third kappa shape index (κ3) is 8.39. The summed E-state index contributed by atoms with van der Waals surface area (Å²) in [5.41, 5.74) is 3.19. The first-order valence-electron chi connectivity index (χ1n) is 28.1. The Balaban J connectivity index is 0.000000166. The van der Waals surface area contributed by atoms with Gasteiger partial charge < -0.3 is 20.4 Å². The molecule has 0 saturated carbocycles. The molecule has 94 heavy (non-hydrogen) atoms. The normalized spacial score (nSPS) is 14.2. The highest BCUT2D eigenvalue weighted by Gasteiger charge is 2.44. The van der Waals surface area contributed by atoms with E-state index in [9.17, 15) is 78.0 Å². The van der Waals surface area contributed by atoms with Crippen LogP contribution < -0.4 is 19.6 Å². The van der Waals surface area contributed by atoms with Crippen molar-refractivity contribution in [2.45, 2.75) is 27.7 Å². The monoisotopic (exact) mass is 1330 g/mol. The minimum atomic E-state index is -1.18. The highest BCUT2D eigenvalue weighted by Crippen LogP contribution is 2.55. The van der Waals surface area contributed by atoms with Gasteiger partial charge in [0.25, 0.3) is 47.3 Å². The van der Waals surface area contributed by atoms with Crippen LogP contribution in [0.3, 0.4) is 0 Å². The standard InChI is InChI=1S/C38H14Cl4N2O8.C32H22N2O8/c39-21-9-17-25-18(34(46)43(33(17)45)15-5-1-13(2-6-15)37(49)50)10-22(40)28-30-24(42)12-20-26-19(11-23(41)29(32(26)30)27(21)31(25)28)35(47)44(36(20)48)16-7-3-14(4-8-16)38(51)52;1-13-9-17(31(39)40)10-14(2)25(13)33-27(35)19-5-7-21-24-22(8-6-20(23(19)24)28(33)36)30(38)34(29(21)37)26-15(3)11-18(32(41)42)12-16(26)4/h1-12H,(H,49,50)(H,51,52);5-12H,1-4H3,(H,39,40)(H,41,42). The Morgan fingerprint density at radius 3 is 0.702 bits per heavy atom. The minimum Gasteiger partial charge on any atom is -0.478 e. The number of aryl methyl sites for hydroxylation is 4. The number of amides is 8. The van der Waals surface area contributed by atoms with Crippen molar-refractivity contribution < 1.29 is 78.0 Å². The highest BCUT2D eigenvalue weighted by atomic mass is 35.5. The van der Waals surface area contributed by atoms with Crippen LogP contribution in [0.2, 0.25) is 20.1 Å². The van der Waals surface area contributed by atoms with Crippen molar-refractivity contribution in [2.24, 2.45) is 0 Å². The van der Waals surface area contributed by atoms with Crippen LogP contribution in [0.15, 0.2) is 121 Å². The molecule has 4 aliphatic heterocycles. The number of halogens is 4. The molecule has 0 atom stereocenters. The number of carbonyl (C=O) groups excluding carboxylic acids is 8. The maximum atomic E-state index is 14.1. The third-order valence-electron chi connectivity index (χ3n) is 17.4. The quantitative estimate of drug-likeness (QED) is 0.0624. The first-order chi connectivity index (χ1) is 44.6. The Morgan fingerprint density at radius 2 is 0.479 bits per heavy atom. The van der Waals surface area contributed by atoms with Crippen LogP contribution in [0.1, 0.15) is 147 Å². The number of carbonyl (C=O) groups is 12. The number of hydrogen-bond acceptors (Lipinski definition) is 12. The molecule has 4 N–H and O–H groups in total. The van der Waals surface area contributed by atoms with E-state index in [0.717, 1.165) is 19.6 Å². The molecule has 4 aliphatic rings. The van der Waals surface area contributed by atoms with Crippen LogP contribution >= 0.6 is 46.4 Å². The molecule has 11 aromatic carbocycles. The van der Waals surface area contributed by atoms with Crippen molar-refractivity contribution in [3.63, 3.8) is 0 Å². The fraction of sp³-hybridized carbons (Fsp3) is 0.0571. The number of fused-ring (bicyclic) bond motifs is 2. The lowest BCUT2D eigenvalue weighted by atomic mass is 9.82. The van der Waals surface area contributed by atoms with Gasteiger partial charge in [0.05, 0.1) is 67.3 Å². The van der Waals surface area contributed by atoms with Crippen LogP contribution in [0.4, 0.5) is 22.7 Å². The molecular formula is C70H36Cl4N4O16. The second kappa shape index (κ2) is 21.1. The number of aromatic carboxylic acids is 4. The lowest BCUT2D eigenvalue weighted by Gasteiger charge is -2.33. The smallest absolute Gasteiger partial charge is 0.335 e. The van der Waals surface area contributed by atoms with Gasteiger partial charge in [-0.2, -0.15) is 0 Å². The van der Waals surface area contributed by atoms with E-state index >= 15 is 0 Å². The minimum absolute atomic E-state index is 0.0224. The molecule has 0 fully saturated rings. The van der Waals surface area contributed by atoms with Gasteiger partial charge in [0.15, 0.2) is 0 Å². The van der Waals surface area contributed by atoms with E-state index in [0.29, 0.717) is 54.6 Å². The Labute approximate surface area is 546 Å². The van der Waals surface area contributed by atoms with E-state index in [1.165, 1.54) is 121 Å². The Bertz CT molecular complexity index is 5040. The summed E-state index contributed by atoms with van der Waals surface area (Å²) in [6.45, 7) is 6.46. The number of rotatable bonds is 8. The Hall–Kier alpha value is -11.4. The molecule has 4 heterocycles. The van der Waals surface area contributed by atoms with E-state index in [1.54, 1.807) is 27.7 Å². The molecule has 8 amide bonds. The average Bonchev–Trinajstić information content (AvgIpc) is 0.681. The maximum absolute atomic E-state index is 14.1. The summed E-state index contributed by atoms with van der Waals surface area (Å²) >= 11 is 28.1. The van der Waals surface area contributed by atoms with Crippen LogP contribution in [0.5, 0.6) is 0 Å². The van der Waals surface area contributed by atoms with Crippen molar-refractivity contribution in [1.29, 1.82) is 0 Å². The highest BCUT2D eigenvalue weighted by molar-refractivity contribution is 6.57. The van der Waals surface area contributed by atoms with Gasteiger partial charge in [-0.15, -0.1) is 0 Å². The maximum Gasteiger partial charge on any atom is 0.335 e. The molecule has 20 nitrogen and oxygen atoms in total. The van der Waals surface area contributed by atoms with E-state index < -0.39 is 71.1 Å². The van der Waals surface area contributed by atoms with Gasteiger partial charge in [-0.3, -0.25) is 38.4 Å². The summed E-state index contributed by atoms with van der Waals surface area (Å²) in [4.78, 5) is 162. The molecular weight excluding hydrogens is 1290 g/mol. The Kier molecular flexibility index (Phi) is 13.5. The molecule has 0 spiro atoms. The zero-order valence-electron chi connectivity index (χ0n) is 48.5. The summed E-state index contributed by atoms with van der Waals surface area (Å²) in [5, 5.41) is 40.5. The lowest BCUT2D eigenvalue weighted by Crippen LogP contribution is -2.44. The van der Waals surface area contributed by atoms with E-state index in [2.05, 4.69) is 0 Å². The molecule has 15 rings (SSSR count). The predicted molar refractivity (Wildman–Crippen MR) is 349 cm³/mol. The van der Waals surface area contributed by atoms with Crippen molar-refractivity contribution >= 4 is 194 Å². The number of carboxylic acids is 4. The summed E-state index contributed by atoms with van der Waals surface area (Å²) < 4.78 is 0. The third-order valence-corrected chi connectivity index (χ3v) is 18.6. The summed E-state index contributed by atoms with van der Waals surface area (Å²) in [5.74, 6) is -10.2. The van der Waals surface area contributed by atoms with Gasteiger partial charge in [0.2, 0.25) is 0 Å². The van der Waals surface area contributed by atoms with Crippen LogP contribution in [-0.4, -0.2) is 91.6 Å². The van der Waals surface area contributed by atoms with Gasteiger partial charge in [0.1, 0.15) is 0 Å². The second-order valence-electron chi connectivity index (χ2n) is 22.7. The number of anilines is 4. The fourth-order valence-electron chi connectivity index (χ4n) is 13.6. The average molecular weight is 1330 g/mol. The van der Waals surface area contributed by atoms with Gasteiger partial charge >= 0.3 is 23.9 Å². The lowest BCUT2D eigenvalue weighted by molar-refractivity contribution is 0.0686. The number of carboxylic acid groups (broad SMARTS) is 4. The van der Waals surface area contributed by atoms with Gasteiger partial charge in [-0.25, -0.2) is 38.8 Å². The summed E-state index contributed by atoms with van der Waals surface area (Å²) in [6.07, 6.45) is 0.